The van der Waals surface area contributed by atoms with E-state index in [0.717, 1.165) is 25.2 Å². The Morgan fingerprint density at radius 2 is 1.07 bits per heavy atom. The van der Waals surface area contributed by atoms with Crippen molar-refractivity contribution in [2.75, 3.05) is 77.2 Å². The van der Waals surface area contributed by atoms with Crippen molar-refractivity contribution in [3.8, 4) is 23.1 Å². The molecule has 0 bridgehead atoms. The van der Waals surface area contributed by atoms with Crippen LogP contribution in [-0.4, -0.2) is 190 Å². The van der Waals surface area contributed by atoms with Crippen molar-refractivity contribution < 1.29 is 66.4 Å². The number of carboxylic acid groups (broad SMARTS) is 2. The minimum Gasteiger partial charge on any atom is -0.495 e. The van der Waals surface area contributed by atoms with Gasteiger partial charge in [-0.15, -0.1) is 0 Å². The first-order valence-electron chi connectivity index (χ1n) is 24.9. The van der Waals surface area contributed by atoms with Gasteiger partial charge in [-0.2, -0.15) is 32.7 Å². The Morgan fingerprint density at radius 3 is 1.46 bits per heavy atom. The average Bonchev–Trinajstić information content (AvgIpc) is 4.31. The van der Waals surface area contributed by atoms with Crippen molar-refractivity contribution in [3.63, 3.8) is 0 Å². The zero-order valence-electron chi connectivity index (χ0n) is 44.2. The number of nitrogens with zero attached hydrogens (tertiary/aromatic N) is 11. The molecule has 0 saturated carbocycles. The number of ether oxygens (including phenoxy) is 2. The van der Waals surface area contributed by atoms with Gasteiger partial charge in [0.25, 0.3) is 17.7 Å². The first kappa shape index (κ1) is 58.3. The topological polar surface area (TPSA) is 311 Å². The summed E-state index contributed by atoms with van der Waals surface area (Å²) < 4.78 is 45.5. The first-order chi connectivity index (χ1) is 38.2. The van der Waals surface area contributed by atoms with Crippen LogP contribution in [-0.2, 0) is 24.0 Å². The zero-order valence-corrected chi connectivity index (χ0v) is 44.2. The number of hydrogen-bond acceptors (Lipinski definition) is 18. The van der Waals surface area contributed by atoms with Crippen LogP contribution in [0.3, 0.4) is 0 Å². The van der Waals surface area contributed by atoms with Crippen molar-refractivity contribution in [2.24, 2.45) is 0 Å². The number of ketones is 2. The maximum Gasteiger partial charge on any atom is 0.490 e. The largest absolute Gasteiger partial charge is 0.495 e. The molecule has 0 aliphatic carbocycles. The van der Waals surface area contributed by atoms with Gasteiger partial charge >= 0.3 is 18.1 Å². The van der Waals surface area contributed by atoms with Crippen LogP contribution in [0, 0.1) is 13.8 Å². The molecule has 2 unspecified atom stereocenters. The maximum absolute atomic E-state index is 13.5. The number of rotatable bonds is 10. The number of piperazine rings is 2. The van der Waals surface area contributed by atoms with E-state index in [0.29, 0.717) is 69.4 Å². The highest BCUT2D eigenvalue weighted by Gasteiger charge is 2.42. The number of alkyl halides is 3. The van der Waals surface area contributed by atoms with Gasteiger partial charge in [-0.05, 0) is 52.0 Å². The molecule has 4 atom stereocenters. The molecule has 2 fully saturated rings. The van der Waals surface area contributed by atoms with Crippen LogP contribution in [0.2, 0.25) is 0 Å². The summed E-state index contributed by atoms with van der Waals surface area (Å²) in [5.41, 5.74) is 3.59. The number of hydrogen-bond donors (Lipinski definition) is 5. The number of carbonyl (C=O) groups is 7. The fourth-order valence-electron chi connectivity index (χ4n) is 9.29. The molecule has 8 heterocycles. The molecular weight excluding hydrogens is 1050 g/mol. The monoisotopic (exact) mass is 1110 g/mol. The predicted molar refractivity (Wildman–Crippen MR) is 278 cm³/mol. The number of amides is 3. The minimum atomic E-state index is -5.08. The lowest BCUT2D eigenvalue weighted by molar-refractivity contribution is -0.192. The Hall–Kier alpha value is -9.34. The molecule has 6 aromatic rings. The highest BCUT2D eigenvalue weighted by molar-refractivity contribution is 6.39. The molecule has 10 rings (SSSR count). The van der Waals surface area contributed by atoms with Crippen molar-refractivity contribution in [1.82, 2.24) is 59.5 Å². The van der Waals surface area contributed by atoms with Crippen LogP contribution in [0.15, 0.2) is 85.7 Å². The summed E-state index contributed by atoms with van der Waals surface area (Å²) in [6.07, 6.45) is 0.716. The molecule has 3 amide bonds. The number of methoxy groups -OCH3 is 2. The Balaban J connectivity index is 0.000000178. The van der Waals surface area contributed by atoms with Gasteiger partial charge in [-0.25, -0.2) is 29.5 Å². The van der Waals surface area contributed by atoms with Gasteiger partial charge in [0, 0.05) is 86.7 Å². The molecule has 0 spiro atoms. The molecule has 2 aromatic carbocycles. The van der Waals surface area contributed by atoms with Crippen LogP contribution in [0.25, 0.3) is 11.6 Å². The van der Waals surface area contributed by atoms with E-state index in [4.69, 9.17) is 24.5 Å². The molecule has 4 aliphatic rings. The van der Waals surface area contributed by atoms with Gasteiger partial charge in [0.2, 0.25) is 11.6 Å². The Bertz CT molecular complexity index is 3250. The number of halogens is 3. The number of carbonyl (C=O) groups excluding carboxylic acids is 5. The van der Waals surface area contributed by atoms with Crippen molar-refractivity contribution >= 4 is 52.6 Å². The second-order valence-electron chi connectivity index (χ2n) is 18.4. The standard InChI is InChI=1S/C25H27N7O4.C13H13N5O4.C12H16N2O.C2HF3O2/c1-15-13-30(9-10-31(15)24(34)17-7-5-4-6-8-17)25(35)22(33)18-11-26-21-20(18)19(36-3)12-27-23(21)32-16(2)28-14-29-32;1-6-16-5-17-18(6)12-10-9(8(22-2)4-15-12)7(3-14-10)11(19)13(20)21;1-10-9-13-7-8-14(10)12(15)11-5-3-2-4-6-11;3-2(4,5)1(6)7/h4-8,12,14-15,18,26H,9-11,13H2,1-3H3;4-5,7,14H,3H2,1-2H3,(H,20,21);2-6,10,13H,7-9H2,1H3;(H,6,7)/t15-,18?;;10-;/m1.1./s1. The minimum absolute atomic E-state index is 0.0800. The lowest BCUT2D eigenvalue weighted by Gasteiger charge is -2.39. The summed E-state index contributed by atoms with van der Waals surface area (Å²) in [5, 5.41) is 33.9. The van der Waals surface area contributed by atoms with E-state index in [1.165, 1.54) is 48.8 Å². The Labute approximate surface area is 455 Å². The summed E-state index contributed by atoms with van der Waals surface area (Å²) in [6.45, 7) is 11.5. The molecule has 5 N–H and O–H groups in total. The number of fused-ring (bicyclic) bond motifs is 2. The molecular formula is C52H57F3N14O11. The van der Waals surface area contributed by atoms with E-state index < -0.39 is 47.4 Å². The van der Waals surface area contributed by atoms with Crippen molar-refractivity contribution in [3.05, 3.63) is 120 Å². The highest BCUT2D eigenvalue weighted by Crippen LogP contribution is 2.43. The molecule has 80 heavy (non-hydrogen) atoms. The number of carboxylic acids is 2. The number of anilines is 2. The summed E-state index contributed by atoms with van der Waals surface area (Å²) in [7, 11) is 2.95. The smallest absolute Gasteiger partial charge is 0.490 e. The molecule has 28 heteroatoms. The summed E-state index contributed by atoms with van der Waals surface area (Å²) in [5.74, 6) is -4.72. The van der Waals surface area contributed by atoms with E-state index >= 15 is 0 Å². The SMILES string of the molecule is COc1cnc(-n2ncnc2C)c2c1C(C(=O)C(=O)N1CCN(C(=O)c3ccccc3)[C@H](C)C1)CN2.COc1cnc(-n2ncnc2C)c2c1C(C(=O)C(=O)O)CN2.C[C@@H]1CNCCN1C(=O)c1ccccc1.O=C(O)C(F)(F)F. The van der Waals surface area contributed by atoms with E-state index in [2.05, 4.69) is 53.0 Å². The average molecular weight is 1110 g/mol. The van der Waals surface area contributed by atoms with Crippen LogP contribution >= 0.6 is 0 Å². The Morgan fingerprint density at radius 1 is 0.625 bits per heavy atom. The number of pyridine rings is 2. The van der Waals surface area contributed by atoms with Gasteiger partial charge in [-0.1, -0.05) is 36.4 Å². The fraction of sp³-hybridized carbons (Fsp3) is 0.365. The number of aromatic nitrogens is 8. The lowest BCUT2D eigenvalue weighted by Crippen LogP contribution is -2.57. The van der Waals surface area contributed by atoms with E-state index in [1.807, 2.05) is 60.4 Å². The number of aryl methyl sites for hydroxylation is 2. The summed E-state index contributed by atoms with van der Waals surface area (Å²) in [6, 6.07) is 18.6. The van der Waals surface area contributed by atoms with Crippen LogP contribution < -0.4 is 25.4 Å². The van der Waals surface area contributed by atoms with Crippen LogP contribution in [0.1, 0.15) is 69.2 Å². The van der Waals surface area contributed by atoms with Crippen LogP contribution in [0.4, 0.5) is 24.5 Å². The highest BCUT2D eigenvalue weighted by atomic mass is 19.4. The van der Waals surface area contributed by atoms with E-state index in [1.54, 1.807) is 35.6 Å². The summed E-state index contributed by atoms with van der Waals surface area (Å²) in [4.78, 5) is 106. The molecule has 422 valence electrons. The van der Waals surface area contributed by atoms with E-state index in [-0.39, 0.29) is 50.1 Å². The predicted octanol–water partition coefficient (Wildman–Crippen LogP) is 3.33. The quantitative estimate of drug-likeness (QED) is 0.123. The Kier molecular flexibility index (Phi) is 18.5. The first-order valence-corrected chi connectivity index (χ1v) is 24.9. The fourth-order valence-corrected chi connectivity index (χ4v) is 9.29. The maximum atomic E-state index is 13.5. The second-order valence-corrected chi connectivity index (χ2v) is 18.4. The lowest BCUT2D eigenvalue weighted by atomic mass is 9.95. The molecule has 25 nitrogen and oxygen atoms in total. The molecule has 0 radical (unpaired) electrons. The molecule has 4 aliphatic heterocycles. The number of Topliss-reactive ketones (excluding diaryl/α,β-unsaturated/α-hetero) is 2. The van der Waals surface area contributed by atoms with Gasteiger partial charge < -0.3 is 50.3 Å². The summed E-state index contributed by atoms with van der Waals surface area (Å²) >= 11 is 0. The molecule has 2 saturated heterocycles. The number of benzene rings is 2. The van der Waals surface area contributed by atoms with Gasteiger partial charge in [0.1, 0.15) is 35.8 Å². The second kappa shape index (κ2) is 25.4. The number of nitrogens with one attached hydrogen (secondary N) is 3. The van der Waals surface area contributed by atoms with Gasteiger partial charge in [-0.3, -0.25) is 24.0 Å². The van der Waals surface area contributed by atoms with Crippen molar-refractivity contribution in [2.45, 2.75) is 57.8 Å². The normalized spacial score (nSPS) is 17.9. The zero-order chi connectivity index (χ0) is 58.0. The third kappa shape index (κ3) is 12.8. The molecule has 4 aromatic heterocycles. The van der Waals surface area contributed by atoms with Crippen molar-refractivity contribution in [1.29, 1.82) is 0 Å². The van der Waals surface area contributed by atoms with Gasteiger partial charge in [0.15, 0.2) is 11.6 Å². The van der Waals surface area contributed by atoms with E-state index in [9.17, 15) is 41.9 Å². The van der Waals surface area contributed by atoms with Gasteiger partial charge in [0.05, 0.1) is 49.8 Å². The van der Waals surface area contributed by atoms with Crippen LogP contribution in [0.5, 0.6) is 11.5 Å². The third-order valence-electron chi connectivity index (χ3n) is 13.3. The number of aliphatic carboxylic acids is 2. The third-order valence-corrected chi connectivity index (χ3v) is 13.3.